The Balaban J connectivity index is 1.64. The molecule has 0 aliphatic heterocycles. The van der Waals surface area contributed by atoms with Crippen LogP contribution in [0, 0.1) is 0 Å². The first-order valence-electron chi connectivity index (χ1n) is 10.6. The molecule has 0 atom stereocenters. The van der Waals surface area contributed by atoms with Crippen LogP contribution in [0.5, 0.6) is 0 Å². The maximum absolute atomic E-state index is 6.35. The van der Waals surface area contributed by atoms with E-state index in [1.54, 1.807) is 6.33 Å². The molecule has 0 aliphatic rings. The molecule has 0 aliphatic carbocycles. The lowest BCUT2D eigenvalue weighted by Crippen LogP contribution is -2.10. The topological polar surface area (TPSA) is 38.9 Å². The molecule has 0 spiro atoms. The molecule has 0 unspecified atom stereocenters. The Morgan fingerprint density at radius 3 is 2.29 bits per heavy atom. The third kappa shape index (κ3) is 2.81. The number of benzene rings is 4. The van der Waals surface area contributed by atoms with Gasteiger partial charge in [0, 0.05) is 10.9 Å². The number of rotatable bonds is 1. The highest BCUT2D eigenvalue weighted by Gasteiger charge is 2.18. The Hall–Kier alpha value is -3.72. The van der Waals surface area contributed by atoms with Gasteiger partial charge in [-0.15, -0.1) is 0 Å². The van der Waals surface area contributed by atoms with E-state index in [1.807, 2.05) is 6.07 Å². The summed E-state index contributed by atoms with van der Waals surface area (Å²) < 4.78 is 6.35. The third-order valence-electron chi connectivity index (χ3n) is 6.12. The van der Waals surface area contributed by atoms with Crippen LogP contribution in [0.3, 0.4) is 0 Å². The zero-order valence-corrected chi connectivity index (χ0v) is 17.8. The van der Waals surface area contributed by atoms with E-state index in [9.17, 15) is 0 Å². The van der Waals surface area contributed by atoms with Gasteiger partial charge >= 0.3 is 0 Å². The van der Waals surface area contributed by atoms with Gasteiger partial charge in [0.2, 0.25) is 0 Å². The highest BCUT2D eigenvalue weighted by atomic mass is 16.3. The normalized spacial score (nSPS) is 12.4. The Morgan fingerprint density at radius 1 is 0.710 bits per heavy atom. The Labute approximate surface area is 180 Å². The van der Waals surface area contributed by atoms with Crippen molar-refractivity contribution in [3.63, 3.8) is 0 Å². The summed E-state index contributed by atoms with van der Waals surface area (Å²) in [6.45, 7) is 6.72. The summed E-state index contributed by atoms with van der Waals surface area (Å²) in [7, 11) is 0. The monoisotopic (exact) mass is 402 g/mol. The molecule has 0 fully saturated rings. The van der Waals surface area contributed by atoms with Crippen molar-refractivity contribution in [1.82, 2.24) is 9.97 Å². The largest absolute Gasteiger partial charge is 0.452 e. The minimum absolute atomic E-state index is 0.104. The second kappa shape index (κ2) is 6.39. The average Bonchev–Trinajstić information content (AvgIpc) is 3.13. The van der Waals surface area contributed by atoms with Crippen molar-refractivity contribution in [1.29, 1.82) is 0 Å². The molecule has 150 valence electrons. The number of hydrogen-bond acceptors (Lipinski definition) is 3. The van der Waals surface area contributed by atoms with E-state index >= 15 is 0 Å². The number of nitrogens with zero attached hydrogens (tertiary/aromatic N) is 2. The van der Waals surface area contributed by atoms with Crippen LogP contribution in [0.2, 0.25) is 0 Å². The fourth-order valence-corrected chi connectivity index (χ4v) is 4.41. The minimum atomic E-state index is 0.104. The minimum Gasteiger partial charge on any atom is -0.452 e. The zero-order chi connectivity index (χ0) is 21.2. The van der Waals surface area contributed by atoms with Gasteiger partial charge in [0.05, 0.1) is 0 Å². The van der Waals surface area contributed by atoms with Crippen LogP contribution in [0.15, 0.2) is 83.5 Å². The fourth-order valence-electron chi connectivity index (χ4n) is 4.41. The lowest BCUT2D eigenvalue weighted by Gasteiger charge is -2.20. The van der Waals surface area contributed by atoms with Crippen molar-refractivity contribution in [3.05, 3.63) is 84.7 Å². The molecule has 0 radical (unpaired) electrons. The quantitative estimate of drug-likeness (QED) is 0.283. The van der Waals surface area contributed by atoms with Gasteiger partial charge in [-0.1, -0.05) is 81.4 Å². The fraction of sp³-hybridized carbons (Fsp3) is 0.143. The van der Waals surface area contributed by atoms with Gasteiger partial charge in [0.15, 0.2) is 5.58 Å². The molecule has 0 saturated carbocycles. The first kappa shape index (κ1) is 18.1. The van der Waals surface area contributed by atoms with Gasteiger partial charge in [0.25, 0.3) is 0 Å². The molecular weight excluding hydrogens is 380 g/mol. The summed E-state index contributed by atoms with van der Waals surface area (Å²) in [5.41, 5.74) is 5.75. The summed E-state index contributed by atoms with van der Waals surface area (Å²) in [5, 5.41) is 5.73. The second-order valence-electron chi connectivity index (χ2n) is 9.19. The highest BCUT2D eigenvalue weighted by molar-refractivity contribution is 6.12. The van der Waals surface area contributed by atoms with E-state index < -0.39 is 0 Å². The van der Waals surface area contributed by atoms with Crippen LogP contribution in [0.25, 0.3) is 54.9 Å². The molecular formula is C28H22N2O. The SMILES string of the molecule is CC(C)(C)c1ccc2c(-c3ncnc4c3oc3cc5ccccc5cc34)cccc2c1. The van der Waals surface area contributed by atoms with E-state index in [-0.39, 0.29) is 5.41 Å². The predicted octanol–water partition coefficient (Wildman–Crippen LogP) is 7.65. The average molecular weight is 402 g/mol. The van der Waals surface area contributed by atoms with E-state index in [1.165, 1.54) is 21.7 Å². The number of furan rings is 1. The van der Waals surface area contributed by atoms with Crippen molar-refractivity contribution in [2.24, 2.45) is 0 Å². The van der Waals surface area contributed by atoms with Gasteiger partial charge in [-0.25, -0.2) is 9.97 Å². The first-order valence-corrected chi connectivity index (χ1v) is 10.6. The lowest BCUT2D eigenvalue weighted by molar-refractivity contribution is 0.591. The Kier molecular flexibility index (Phi) is 3.73. The molecule has 2 aromatic heterocycles. The number of hydrogen-bond donors (Lipinski definition) is 0. The van der Waals surface area contributed by atoms with E-state index in [4.69, 9.17) is 4.42 Å². The van der Waals surface area contributed by atoms with Crippen molar-refractivity contribution in [2.75, 3.05) is 0 Å². The highest BCUT2D eigenvalue weighted by Crippen LogP contribution is 2.38. The maximum atomic E-state index is 6.35. The van der Waals surface area contributed by atoms with Crippen molar-refractivity contribution in [3.8, 4) is 11.3 Å². The Bertz CT molecular complexity index is 1620. The molecule has 0 amide bonds. The van der Waals surface area contributed by atoms with Gasteiger partial charge in [0.1, 0.15) is 23.1 Å². The van der Waals surface area contributed by atoms with Crippen molar-refractivity contribution < 1.29 is 4.42 Å². The Morgan fingerprint density at radius 2 is 1.48 bits per heavy atom. The van der Waals surface area contributed by atoms with Crippen molar-refractivity contribution >= 4 is 43.6 Å². The van der Waals surface area contributed by atoms with Crippen LogP contribution >= 0.6 is 0 Å². The third-order valence-corrected chi connectivity index (χ3v) is 6.12. The van der Waals surface area contributed by atoms with Crippen molar-refractivity contribution in [2.45, 2.75) is 26.2 Å². The molecule has 4 aromatic carbocycles. The van der Waals surface area contributed by atoms with Gasteiger partial charge < -0.3 is 4.42 Å². The second-order valence-corrected chi connectivity index (χ2v) is 9.19. The molecule has 0 saturated heterocycles. The predicted molar refractivity (Wildman–Crippen MR) is 128 cm³/mol. The van der Waals surface area contributed by atoms with Crippen LogP contribution in [0.4, 0.5) is 0 Å². The molecule has 31 heavy (non-hydrogen) atoms. The summed E-state index contributed by atoms with van der Waals surface area (Å²) in [4.78, 5) is 9.24. The van der Waals surface area contributed by atoms with Crippen LogP contribution in [0.1, 0.15) is 26.3 Å². The molecule has 3 heteroatoms. The van der Waals surface area contributed by atoms with Crippen LogP contribution in [-0.2, 0) is 5.41 Å². The molecule has 0 N–H and O–H groups in total. The van der Waals surface area contributed by atoms with Gasteiger partial charge in [-0.05, 0) is 44.7 Å². The molecule has 0 bridgehead atoms. The standard InChI is InChI=1S/C28H22N2O/c1-28(2,3)20-11-12-21-19(13-20)9-6-10-22(21)25-27-26(30-16-29-25)23-14-17-7-4-5-8-18(17)15-24(23)31-27/h4-16H,1-3H3. The van der Waals surface area contributed by atoms with Gasteiger partial charge in [-0.3, -0.25) is 0 Å². The van der Waals surface area contributed by atoms with E-state index in [0.717, 1.165) is 38.7 Å². The van der Waals surface area contributed by atoms with Crippen LogP contribution in [-0.4, -0.2) is 9.97 Å². The summed E-state index contributed by atoms with van der Waals surface area (Å²) in [6.07, 6.45) is 1.64. The smallest absolute Gasteiger partial charge is 0.180 e. The van der Waals surface area contributed by atoms with E-state index in [0.29, 0.717) is 0 Å². The van der Waals surface area contributed by atoms with Crippen LogP contribution < -0.4 is 0 Å². The van der Waals surface area contributed by atoms with E-state index in [2.05, 4.69) is 97.5 Å². The summed E-state index contributed by atoms with van der Waals surface area (Å²) in [6, 6.07) is 25.6. The summed E-state index contributed by atoms with van der Waals surface area (Å²) in [5.74, 6) is 0. The first-order chi connectivity index (χ1) is 15.0. The number of aromatic nitrogens is 2. The zero-order valence-electron chi connectivity index (χ0n) is 17.8. The lowest BCUT2D eigenvalue weighted by atomic mass is 9.85. The maximum Gasteiger partial charge on any atom is 0.180 e. The molecule has 2 heterocycles. The van der Waals surface area contributed by atoms with Gasteiger partial charge in [-0.2, -0.15) is 0 Å². The molecule has 6 aromatic rings. The number of fused-ring (bicyclic) bond motifs is 5. The molecule has 6 rings (SSSR count). The molecule has 3 nitrogen and oxygen atoms in total. The summed E-state index contributed by atoms with van der Waals surface area (Å²) >= 11 is 0.